The molecule has 2 rings (SSSR count). The monoisotopic (exact) mass is 291 g/mol. The van der Waals surface area contributed by atoms with Crippen molar-refractivity contribution in [2.45, 2.75) is 39.3 Å². The maximum atomic E-state index is 12.2. The molecule has 6 nitrogen and oxygen atoms in total. The van der Waals surface area contributed by atoms with E-state index in [4.69, 9.17) is 0 Å². The maximum Gasteiger partial charge on any atom is 0.237 e. The van der Waals surface area contributed by atoms with E-state index in [9.17, 15) is 4.79 Å². The fraction of sp³-hybridized carbons (Fsp3) is 0.667. The lowest BCUT2D eigenvalue weighted by Crippen LogP contribution is -2.56. The van der Waals surface area contributed by atoms with Gasteiger partial charge in [0, 0.05) is 44.1 Å². The number of piperazine rings is 1. The zero-order chi connectivity index (χ0) is 15.5. The van der Waals surface area contributed by atoms with Crippen molar-refractivity contribution in [3.8, 4) is 0 Å². The highest BCUT2D eigenvalue weighted by Crippen LogP contribution is 2.13. The van der Waals surface area contributed by atoms with Gasteiger partial charge in [-0.2, -0.15) is 0 Å². The van der Waals surface area contributed by atoms with Crippen LogP contribution in [-0.2, 0) is 4.79 Å². The molecule has 0 radical (unpaired) electrons. The molecule has 1 aliphatic heterocycles. The van der Waals surface area contributed by atoms with Crippen LogP contribution in [0, 0.1) is 0 Å². The summed E-state index contributed by atoms with van der Waals surface area (Å²) in [5.41, 5.74) is -0.188. The molecule has 1 saturated heterocycles. The van der Waals surface area contributed by atoms with Crippen molar-refractivity contribution in [3.63, 3.8) is 0 Å². The smallest absolute Gasteiger partial charge is 0.237 e. The van der Waals surface area contributed by atoms with Gasteiger partial charge in [-0.1, -0.05) is 0 Å². The molecule has 116 valence electrons. The number of carbonyl (C=O) groups excluding carboxylic acids is 1. The number of nitrogens with zero attached hydrogens (tertiary/aromatic N) is 4. The van der Waals surface area contributed by atoms with E-state index in [2.05, 4.69) is 25.1 Å². The highest BCUT2D eigenvalue weighted by molar-refractivity contribution is 5.82. The summed E-state index contributed by atoms with van der Waals surface area (Å²) in [5.74, 6) is 0.999. The predicted octanol–water partition coefficient (Wildman–Crippen LogP) is 0.902. The van der Waals surface area contributed by atoms with Crippen molar-refractivity contribution in [1.29, 1.82) is 0 Å². The third kappa shape index (κ3) is 4.39. The third-order valence-corrected chi connectivity index (χ3v) is 3.61. The van der Waals surface area contributed by atoms with Crippen LogP contribution in [0.5, 0.6) is 0 Å². The highest BCUT2D eigenvalue weighted by Gasteiger charge is 2.27. The van der Waals surface area contributed by atoms with Gasteiger partial charge in [-0.15, -0.1) is 0 Å². The number of amides is 1. The van der Waals surface area contributed by atoms with E-state index in [0.717, 1.165) is 32.0 Å². The Kier molecular flexibility index (Phi) is 4.77. The van der Waals surface area contributed by atoms with Gasteiger partial charge >= 0.3 is 0 Å². The molecule has 1 aromatic rings. The summed E-state index contributed by atoms with van der Waals surface area (Å²) >= 11 is 0. The molecule has 0 aromatic carbocycles. The fourth-order valence-corrected chi connectivity index (χ4v) is 2.43. The van der Waals surface area contributed by atoms with E-state index < -0.39 is 0 Å². The van der Waals surface area contributed by atoms with Crippen LogP contribution in [-0.4, -0.2) is 58.5 Å². The molecular formula is C15H25N5O. The minimum Gasteiger partial charge on any atom is -0.353 e. The van der Waals surface area contributed by atoms with Gasteiger partial charge in [0.05, 0.1) is 12.2 Å². The Hall–Kier alpha value is -1.69. The van der Waals surface area contributed by atoms with Gasteiger partial charge in [-0.25, -0.2) is 4.98 Å². The van der Waals surface area contributed by atoms with E-state index in [1.165, 1.54) is 0 Å². The molecular weight excluding hydrogens is 266 g/mol. The topological polar surface area (TPSA) is 61.4 Å². The second-order valence-corrected chi connectivity index (χ2v) is 6.50. The first-order valence-corrected chi connectivity index (χ1v) is 7.44. The summed E-state index contributed by atoms with van der Waals surface area (Å²) in [5, 5.41) is 3.04. The van der Waals surface area contributed by atoms with Crippen LogP contribution in [0.4, 0.5) is 5.82 Å². The van der Waals surface area contributed by atoms with Crippen molar-refractivity contribution in [1.82, 2.24) is 20.2 Å². The standard InChI is InChI=1S/C15H25N5O/c1-12(14(21)18-15(2,3)4)19-7-9-20(10-8-19)13-11-16-5-6-17-13/h5-6,11-12H,7-10H2,1-4H3,(H,18,21). The minimum atomic E-state index is -0.188. The third-order valence-electron chi connectivity index (χ3n) is 3.61. The van der Waals surface area contributed by atoms with Crippen molar-refractivity contribution >= 4 is 11.7 Å². The summed E-state index contributed by atoms with van der Waals surface area (Å²) in [4.78, 5) is 25.1. The largest absolute Gasteiger partial charge is 0.353 e. The van der Waals surface area contributed by atoms with Crippen LogP contribution >= 0.6 is 0 Å². The minimum absolute atomic E-state index is 0.0930. The lowest BCUT2D eigenvalue weighted by Gasteiger charge is -2.38. The molecule has 1 unspecified atom stereocenters. The molecule has 0 spiro atoms. The van der Waals surface area contributed by atoms with E-state index in [-0.39, 0.29) is 17.5 Å². The van der Waals surface area contributed by atoms with Crippen LogP contribution < -0.4 is 10.2 Å². The number of rotatable bonds is 3. The van der Waals surface area contributed by atoms with Gasteiger partial charge in [0.25, 0.3) is 0 Å². The van der Waals surface area contributed by atoms with Crippen molar-refractivity contribution in [3.05, 3.63) is 18.6 Å². The molecule has 1 atom stereocenters. The first-order chi connectivity index (χ1) is 9.87. The second kappa shape index (κ2) is 6.39. The summed E-state index contributed by atoms with van der Waals surface area (Å²) in [6.45, 7) is 11.4. The maximum absolute atomic E-state index is 12.2. The van der Waals surface area contributed by atoms with Crippen LogP contribution in [0.2, 0.25) is 0 Å². The second-order valence-electron chi connectivity index (χ2n) is 6.50. The Morgan fingerprint density at radius 1 is 1.24 bits per heavy atom. The van der Waals surface area contributed by atoms with Gasteiger partial charge in [-0.05, 0) is 27.7 Å². The van der Waals surface area contributed by atoms with Gasteiger partial charge in [0.2, 0.25) is 5.91 Å². The highest BCUT2D eigenvalue weighted by atomic mass is 16.2. The summed E-state index contributed by atoms with van der Waals surface area (Å²) in [6.07, 6.45) is 5.17. The Morgan fingerprint density at radius 3 is 2.43 bits per heavy atom. The molecule has 2 heterocycles. The van der Waals surface area contributed by atoms with Crippen LogP contribution in [0.25, 0.3) is 0 Å². The van der Waals surface area contributed by atoms with Crippen LogP contribution in [0.1, 0.15) is 27.7 Å². The zero-order valence-corrected chi connectivity index (χ0v) is 13.3. The van der Waals surface area contributed by atoms with E-state index in [0.29, 0.717) is 0 Å². The zero-order valence-electron chi connectivity index (χ0n) is 13.3. The number of carbonyl (C=O) groups is 1. The summed E-state index contributed by atoms with van der Waals surface area (Å²) in [6, 6.07) is -0.103. The van der Waals surface area contributed by atoms with Gasteiger partial charge in [0.1, 0.15) is 5.82 Å². The molecule has 1 fully saturated rings. The number of anilines is 1. The molecule has 21 heavy (non-hydrogen) atoms. The lowest BCUT2D eigenvalue weighted by molar-refractivity contribution is -0.127. The predicted molar refractivity (Wildman–Crippen MR) is 83.2 cm³/mol. The van der Waals surface area contributed by atoms with E-state index >= 15 is 0 Å². The molecule has 1 N–H and O–H groups in total. The van der Waals surface area contributed by atoms with Crippen molar-refractivity contribution in [2.75, 3.05) is 31.1 Å². The number of hydrogen-bond donors (Lipinski definition) is 1. The Morgan fingerprint density at radius 2 is 1.90 bits per heavy atom. The van der Waals surface area contributed by atoms with E-state index in [1.807, 2.05) is 27.7 Å². The SMILES string of the molecule is CC(C(=O)NC(C)(C)C)N1CCN(c2cnccn2)CC1. The van der Waals surface area contributed by atoms with Crippen molar-refractivity contribution in [2.24, 2.45) is 0 Å². The molecule has 6 heteroatoms. The van der Waals surface area contributed by atoms with Gasteiger partial charge in [0.15, 0.2) is 0 Å². The molecule has 0 bridgehead atoms. The average Bonchev–Trinajstić information content (AvgIpc) is 2.46. The first kappa shape index (κ1) is 15.7. The van der Waals surface area contributed by atoms with E-state index in [1.54, 1.807) is 18.6 Å². The number of hydrogen-bond acceptors (Lipinski definition) is 5. The number of aromatic nitrogens is 2. The molecule has 1 amide bonds. The normalized spacial score (nSPS) is 18.4. The Bertz CT molecular complexity index is 463. The summed E-state index contributed by atoms with van der Waals surface area (Å²) in [7, 11) is 0. The Labute approximate surface area is 126 Å². The van der Waals surface area contributed by atoms with Crippen LogP contribution in [0.3, 0.4) is 0 Å². The lowest BCUT2D eigenvalue weighted by atomic mass is 10.1. The van der Waals surface area contributed by atoms with Crippen molar-refractivity contribution < 1.29 is 4.79 Å². The van der Waals surface area contributed by atoms with Gasteiger partial charge in [-0.3, -0.25) is 14.7 Å². The molecule has 1 aliphatic rings. The molecule has 1 aromatic heterocycles. The Balaban J connectivity index is 1.87. The van der Waals surface area contributed by atoms with Crippen LogP contribution in [0.15, 0.2) is 18.6 Å². The molecule has 0 saturated carbocycles. The molecule has 0 aliphatic carbocycles. The summed E-state index contributed by atoms with van der Waals surface area (Å²) < 4.78 is 0. The first-order valence-electron chi connectivity index (χ1n) is 7.44. The average molecular weight is 291 g/mol. The fourth-order valence-electron chi connectivity index (χ4n) is 2.43. The quantitative estimate of drug-likeness (QED) is 0.896. The van der Waals surface area contributed by atoms with Gasteiger partial charge < -0.3 is 10.2 Å². The number of nitrogens with one attached hydrogen (secondary N) is 1.